The number of urea groups is 1. The smallest absolute Gasteiger partial charge is 0.317 e. The van der Waals surface area contributed by atoms with Crippen LogP contribution in [-0.4, -0.2) is 53.6 Å². The van der Waals surface area contributed by atoms with E-state index in [0.717, 1.165) is 43.2 Å². The van der Waals surface area contributed by atoms with Gasteiger partial charge in [0.15, 0.2) is 0 Å². The van der Waals surface area contributed by atoms with Crippen LogP contribution in [0.5, 0.6) is 0 Å². The van der Waals surface area contributed by atoms with Crippen LogP contribution in [0.4, 0.5) is 10.7 Å². The molecule has 1 aliphatic heterocycles. The third-order valence-corrected chi connectivity index (χ3v) is 3.57. The van der Waals surface area contributed by atoms with Gasteiger partial charge >= 0.3 is 6.03 Å². The zero-order valence-corrected chi connectivity index (χ0v) is 11.6. The van der Waals surface area contributed by atoms with Crippen molar-refractivity contribution in [3.05, 3.63) is 24.3 Å². The second-order valence-corrected chi connectivity index (χ2v) is 4.89. The Morgan fingerprint density at radius 1 is 1.30 bits per heavy atom. The molecular weight excluding hydrogens is 254 g/mol. The summed E-state index contributed by atoms with van der Waals surface area (Å²) in [6.45, 7) is 5.66. The van der Waals surface area contributed by atoms with Gasteiger partial charge in [-0.15, -0.1) is 0 Å². The molecule has 1 fully saturated rings. The third-order valence-electron chi connectivity index (χ3n) is 3.57. The lowest BCUT2D eigenvalue weighted by molar-refractivity contribution is 0.195. The molecular formula is C14H19N5O. The van der Waals surface area contributed by atoms with Crippen molar-refractivity contribution in [1.29, 1.82) is 0 Å². The highest BCUT2D eigenvalue weighted by Crippen LogP contribution is 2.18. The quantitative estimate of drug-likeness (QED) is 0.869. The molecule has 0 saturated carbocycles. The monoisotopic (exact) mass is 273 g/mol. The number of aromatic amines is 1. The second kappa shape index (κ2) is 5.40. The Balaban J connectivity index is 1.67. The highest BCUT2D eigenvalue weighted by atomic mass is 16.2. The fourth-order valence-corrected chi connectivity index (χ4v) is 2.47. The van der Waals surface area contributed by atoms with E-state index in [1.165, 1.54) is 0 Å². The van der Waals surface area contributed by atoms with Gasteiger partial charge in [0.2, 0.25) is 5.95 Å². The van der Waals surface area contributed by atoms with E-state index in [9.17, 15) is 4.79 Å². The third kappa shape index (κ3) is 2.41. The molecule has 3 rings (SSSR count). The predicted octanol–water partition coefficient (Wildman–Crippen LogP) is 1.41. The van der Waals surface area contributed by atoms with E-state index >= 15 is 0 Å². The highest BCUT2D eigenvalue weighted by molar-refractivity contribution is 5.77. The molecule has 1 aliphatic rings. The van der Waals surface area contributed by atoms with Crippen LogP contribution in [0.25, 0.3) is 11.0 Å². The maximum Gasteiger partial charge on any atom is 0.317 e. The molecule has 2 amide bonds. The molecule has 2 heterocycles. The molecule has 6 nitrogen and oxygen atoms in total. The van der Waals surface area contributed by atoms with Crippen molar-refractivity contribution in [2.24, 2.45) is 0 Å². The van der Waals surface area contributed by atoms with E-state index in [-0.39, 0.29) is 6.03 Å². The standard InChI is InChI=1S/C14H19N5O/c1-2-15-14(20)19-9-7-18(8-10-19)13-16-11-5-3-4-6-12(11)17-13/h3-6H,2,7-10H2,1H3,(H,15,20)(H,16,17). The number of benzene rings is 1. The van der Waals surface area contributed by atoms with E-state index in [1.54, 1.807) is 0 Å². The van der Waals surface area contributed by atoms with Gasteiger partial charge in [-0.2, -0.15) is 0 Å². The summed E-state index contributed by atoms with van der Waals surface area (Å²) < 4.78 is 0. The number of hydrogen-bond donors (Lipinski definition) is 2. The number of nitrogens with one attached hydrogen (secondary N) is 2. The number of para-hydroxylation sites is 2. The minimum Gasteiger partial charge on any atom is -0.339 e. The summed E-state index contributed by atoms with van der Waals surface area (Å²) in [4.78, 5) is 23.7. The molecule has 0 atom stereocenters. The lowest BCUT2D eigenvalue weighted by atomic mass is 10.3. The topological polar surface area (TPSA) is 64.3 Å². The molecule has 2 aromatic rings. The van der Waals surface area contributed by atoms with Gasteiger partial charge in [-0.25, -0.2) is 9.78 Å². The van der Waals surface area contributed by atoms with E-state index in [2.05, 4.69) is 20.2 Å². The minimum absolute atomic E-state index is 0.0248. The van der Waals surface area contributed by atoms with Gasteiger partial charge in [0.05, 0.1) is 11.0 Å². The first-order valence-electron chi connectivity index (χ1n) is 7.00. The molecule has 6 heteroatoms. The van der Waals surface area contributed by atoms with Crippen molar-refractivity contribution in [1.82, 2.24) is 20.2 Å². The molecule has 106 valence electrons. The Kier molecular flexibility index (Phi) is 3.45. The lowest BCUT2D eigenvalue weighted by Gasteiger charge is -2.34. The Hall–Kier alpha value is -2.24. The lowest BCUT2D eigenvalue weighted by Crippen LogP contribution is -2.52. The van der Waals surface area contributed by atoms with E-state index < -0.39 is 0 Å². The van der Waals surface area contributed by atoms with Crippen LogP contribution >= 0.6 is 0 Å². The summed E-state index contributed by atoms with van der Waals surface area (Å²) in [7, 11) is 0. The SMILES string of the molecule is CCNC(=O)N1CCN(c2nc3ccccc3[nH]2)CC1. The highest BCUT2D eigenvalue weighted by Gasteiger charge is 2.22. The zero-order chi connectivity index (χ0) is 13.9. The van der Waals surface area contributed by atoms with Crippen LogP contribution in [-0.2, 0) is 0 Å². The summed E-state index contributed by atoms with van der Waals surface area (Å²) in [5.74, 6) is 0.891. The fourth-order valence-electron chi connectivity index (χ4n) is 2.47. The summed E-state index contributed by atoms with van der Waals surface area (Å²) in [6.07, 6.45) is 0. The molecule has 0 spiro atoms. The first-order chi connectivity index (χ1) is 9.78. The number of anilines is 1. The van der Waals surface area contributed by atoms with Crippen LogP contribution in [0, 0.1) is 0 Å². The van der Waals surface area contributed by atoms with Crippen molar-refractivity contribution in [2.45, 2.75) is 6.92 Å². The number of imidazole rings is 1. The molecule has 0 unspecified atom stereocenters. The molecule has 20 heavy (non-hydrogen) atoms. The van der Waals surface area contributed by atoms with Crippen molar-refractivity contribution >= 4 is 23.0 Å². The first kappa shape index (κ1) is 12.8. The number of fused-ring (bicyclic) bond motifs is 1. The van der Waals surface area contributed by atoms with Gasteiger partial charge in [0.25, 0.3) is 0 Å². The number of rotatable bonds is 2. The Morgan fingerprint density at radius 2 is 2.05 bits per heavy atom. The number of carbonyl (C=O) groups excluding carboxylic acids is 1. The second-order valence-electron chi connectivity index (χ2n) is 4.89. The van der Waals surface area contributed by atoms with Gasteiger partial charge in [-0.1, -0.05) is 12.1 Å². The predicted molar refractivity (Wildman–Crippen MR) is 79.0 cm³/mol. The zero-order valence-electron chi connectivity index (χ0n) is 11.6. The maximum atomic E-state index is 11.8. The molecule has 0 radical (unpaired) electrons. The van der Waals surface area contributed by atoms with Crippen molar-refractivity contribution in [2.75, 3.05) is 37.6 Å². The number of carbonyl (C=O) groups is 1. The summed E-state index contributed by atoms with van der Waals surface area (Å²) >= 11 is 0. The Morgan fingerprint density at radius 3 is 2.75 bits per heavy atom. The van der Waals surface area contributed by atoms with E-state index in [0.29, 0.717) is 6.54 Å². The summed E-state index contributed by atoms with van der Waals surface area (Å²) in [5.41, 5.74) is 2.03. The molecule has 1 aromatic heterocycles. The summed E-state index contributed by atoms with van der Waals surface area (Å²) in [6, 6.07) is 8.03. The van der Waals surface area contributed by atoms with Crippen LogP contribution in [0.15, 0.2) is 24.3 Å². The number of amides is 2. The molecule has 0 aliphatic carbocycles. The Labute approximate surface area is 117 Å². The van der Waals surface area contributed by atoms with Crippen LogP contribution in [0.3, 0.4) is 0 Å². The van der Waals surface area contributed by atoms with Crippen LogP contribution in [0.1, 0.15) is 6.92 Å². The van der Waals surface area contributed by atoms with Gasteiger partial charge in [-0.05, 0) is 19.1 Å². The number of hydrogen-bond acceptors (Lipinski definition) is 3. The normalized spacial score (nSPS) is 15.7. The average molecular weight is 273 g/mol. The van der Waals surface area contributed by atoms with Gasteiger partial charge in [0.1, 0.15) is 0 Å². The number of nitrogens with zero attached hydrogens (tertiary/aromatic N) is 3. The van der Waals surface area contributed by atoms with Gasteiger partial charge in [-0.3, -0.25) is 0 Å². The van der Waals surface area contributed by atoms with Gasteiger partial charge in [0, 0.05) is 32.7 Å². The van der Waals surface area contributed by atoms with Gasteiger partial charge < -0.3 is 20.1 Å². The molecule has 2 N–H and O–H groups in total. The number of piperazine rings is 1. The van der Waals surface area contributed by atoms with Crippen molar-refractivity contribution in [3.8, 4) is 0 Å². The summed E-state index contributed by atoms with van der Waals surface area (Å²) in [5, 5.41) is 2.84. The number of aromatic nitrogens is 2. The number of H-pyrrole nitrogens is 1. The van der Waals surface area contributed by atoms with Crippen LogP contribution < -0.4 is 10.2 Å². The largest absolute Gasteiger partial charge is 0.339 e. The van der Waals surface area contributed by atoms with E-state index in [1.807, 2.05) is 36.1 Å². The van der Waals surface area contributed by atoms with Crippen LogP contribution in [0.2, 0.25) is 0 Å². The fraction of sp³-hybridized carbons (Fsp3) is 0.429. The average Bonchev–Trinajstić information content (AvgIpc) is 2.91. The molecule has 0 bridgehead atoms. The molecule has 1 aromatic carbocycles. The van der Waals surface area contributed by atoms with Crippen molar-refractivity contribution in [3.63, 3.8) is 0 Å². The molecule has 1 saturated heterocycles. The maximum absolute atomic E-state index is 11.8. The first-order valence-corrected chi connectivity index (χ1v) is 7.00. The van der Waals surface area contributed by atoms with Crippen molar-refractivity contribution < 1.29 is 4.79 Å². The Bertz CT molecular complexity index is 567. The van der Waals surface area contributed by atoms with E-state index in [4.69, 9.17) is 0 Å². The minimum atomic E-state index is 0.0248.